The third kappa shape index (κ3) is 5.39. The Kier molecular flexibility index (Phi) is 6.77. The summed E-state index contributed by atoms with van der Waals surface area (Å²) in [6.07, 6.45) is 0.403. The van der Waals surface area contributed by atoms with E-state index in [0.717, 1.165) is 46.8 Å². The average molecular weight is 434 g/mol. The van der Waals surface area contributed by atoms with Crippen LogP contribution in [0.5, 0.6) is 0 Å². The van der Waals surface area contributed by atoms with Crippen LogP contribution in [0.25, 0.3) is 10.8 Å². The van der Waals surface area contributed by atoms with Crippen molar-refractivity contribution in [1.82, 2.24) is 9.80 Å². The summed E-state index contributed by atoms with van der Waals surface area (Å²) < 4.78 is 0. The van der Waals surface area contributed by atoms with Crippen LogP contribution in [0.3, 0.4) is 0 Å². The summed E-state index contributed by atoms with van der Waals surface area (Å²) in [7, 11) is 1.79. The standard InChI is InChI=1S/C25H27N3O2S/c1-27(18-21-7-4-6-20-5-2-3-8-23(20)21)25(30)26-22-11-9-19(10-12-22)17-24(29)28-13-15-31-16-14-28/h2-12H,13-18H2,1H3,(H,26,30). The van der Waals surface area contributed by atoms with E-state index in [9.17, 15) is 9.59 Å². The molecule has 1 aliphatic heterocycles. The zero-order chi connectivity index (χ0) is 21.6. The number of hydrogen-bond acceptors (Lipinski definition) is 3. The highest BCUT2D eigenvalue weighted by molar-refractivity contribution is 7.99. The Balaban J connectivity index is 1.34. The summed E-state index contributed by atoms with van der Waals surface area (Å²) >= 11 is 1.89. The van der Waals surface area contributed by atoms with Crippen LogP contribution < -0.4 is 5.32 Å². The van der Waals surface area contributed by atoms with E-state index in [1.54, 1.807) is 11.9 Å². The van der Waals surface area contributed by atoms with E-state index in [1.807, 2.05) is 59.1 Å². The van der Waals surface area contributed by atoms with Crippen molar-refractivity contribution in [2.24, 2.45) is 0 Å². The minimum Gasteiger partial charge on any atom is -0.341 e. The van der Waals surface area contributed by atoms with Crippen molar-refractivity contribution in [3.05, 3.63) is 77.9 Å². The van der Waals surface area contributed by atoms with Crippen molar-refractivity contribution in [1.29, 1.82) is 0 Å². The number of fused-ring (bicyclic) bond motifs is 1. The number of amides is 3. The zero-order valence-corrected chi connectivity index (χ0v) is 18.5. The molecule has 1 heterocycles. The summed E-state index contributed by atoms with van der Waals surface area (Å²) in [5, 5.41) is 5.27. The average Bonchev–Trinajstić information content (AvgIpc) is 2.81. The quantitative estimate of drug-likeness (QED) is 0.639. The van der Waals surface area contributed by atoms with Gasteiger partial charge in [-0.05, 0) is 34.0 Å². The highest BCUT2D eigenvalue weighted by atomic mass is 32.2. The van der Waals surface area contributed by atoms with Gasteiger partial charge in [0.1, 0.15) is 0 Å². The third-order valence-corrected chi connectivity index (χ3v) is 6.50. The number of hydrogen-bond donors (Lipinski definition) is 1. The molecule has 3 aromatic carbocycles. The van der Waals surface area contributed by atoms with Crippen LogP contribution in [0.2, 0.25) is 0 Å². The number of nitrogens with zero attached hydrogens (tertiary/aromatic N) is 2. The second kappa shape index (κ2) is 9.88. The summed E-state index contributed by atoms with van der Waals surface area (Å²) in [6.45, 7) is 2.19. The van der Waals surface area contributed by atoms with E-state index in [-0.39, 0.29) is 11.9 Å². The zero-order valence-electron chi connectivity index (χ0n) is 17.7. The number of urea groups is 1. The van der Waals surface area contributed by atoms with Gasteiger partial charge in [0, 0.05) is 43.9 Å². The van der Waals surface area contributed by atoms with E-state index >= 15 is 0 Å². The lowest BCUT2D eigenvalue weighted by atomic mass is 10.0. The summed E-state index contributed by atoms with van der Waals surface area (Å²) in [6, 6.07) is 21.7. The van der Waals surface area contributed by atoms with Crippen molar-refractivity contribution in [3.63, 3.8) is 0 Å². The Morgan fingerprint density at radius 1 is 0.968 bits per heavy atom. The van der Waals surface area contributed by atoms with E-state index in [2.05, 4.69) is 29.6 Å². The summed E-state index contributed by atoms with van der Waals surface area (Å²) in [5.41, 5.74) is 2.80. The lowest BCUT2D eigenvalue weighted by Crippen LogP contribution is -2.38. The van der Waals surface area contributed by atoms with Crippen LogP contribution in [0, 0.1) is 0 Å². The fourth-order valence-electron chi connectivity index (χ4n) is 3.78. The molecule has 1 saturated heterocycles. The highest BCUT2D eigenvalue weighted by Gasteiger charge is 2.17. The molecule has 0 unspecified atom stereocenters. The second-order valence-corrected chi connectivity index (χ2v) is 9.02. The first-order valence-corrected chi connectivity index (χ1v) is 11.7. The molecule has 1 aliphatic rings. The smallest absolute Gasteiger partial charge is 0.321 e. The minimum absolute atomic E-state index is 0.164. The molecule has 0 atom stereocenters. The van der Waals surface area contributed by atoms with Crippen LogP contribution >= 0.6 is 11.8 Å². The molecule has 3 aromatic rings. The molecule has 31 heavy (non-hydrogen) atoms. The SMILES string of the molecule is CN(Cc1cccc2ccccc12)C(=O)Nc1ccc(CC(=O)N2CCSCC2)cc1. The molecule has 0 aliphatic carbocycles. The molecular weight excluding hydrogens is 406 g/mol. The molecule has 1 fully saturated rings. The second-order valence-electron chi connectivity index (χ2n) is 7.79. The molecule has 0 saturated carbocycles. The Morgan fingerprint density at radius 3 is 2.45 bits per heavy atom. The number of benzene rings is 3. The monoisotopic (exact) mass is 433 g/mol. The van der Waals surface area contributed by atoms with Crippen molar-refractivity contribution in [2.75, 3.05) is 37.0 Å². The summed E-state index contributed by atoms with van der Waals surface area (Å²) in [4.78, 5) is 28.7. The number of anilines is 1. The minimum atomic E-state index is -0.164. The van der Waals surface area contributed by atoms with Gasteiger partial charge in [0.25, 0.3) is 0 Å². The normalized spacial score (nSPS) is 13.8. The van der Waals surface area contributed by atoms with E-state index < -0.39 is 0 Å². The van der Waals surface area contributed by atoms with Gasteiger partial charge in [0.2, 0.25) is 5.91 Å². The van der Waals surface area contributed by atoms with Crippen molar-refractivity contribution in [2.45, 2.75) is 13.0 Å². The van der Waals surface area contributed by atoms with Gasteiger partial charge in [0.05, 0.1) is 6.42 Å². The van der Waals surface area contributed by atoms with Gasteiger partial charge < -0.3 is 15.1 Å². The molecule has 6 heteroatoms. The first-order chi connectivity index (χ1) is 15.1. The van der Waals surface area contributed by atoms with Crippen molar-refractivity contribution >= 4 is 40.2 Å². The van der Waals surface area contributed by atoms with Crippen LogP contribution in [0.1, 0.15) is 11.1 Å². The lowest BCUT2D eigenvalue weighted by Gasteiger charge is -2.26. The highest BCUT2D eigenvalue weighted by Crippen LogP contribution is 2.20. The Labute approximate surface area is 187 Å². The van der Waals surface area contributed by atoms with Gasteiger partial charge in [-0.3, -0.25) is 4.79 Å². The molecule has 1 N–H and O–H groups in total. The van der Waals surface area contributed by atoms with Gasteiger partial charge in [-0.25, -0.2) is 4.79 Å². The topological polar surface area (TPSA) is 52.7 Å². The van der Waals surface area contributed by atoms with Gasteiger partial charge >= 0.3 is 6.03 Å². The van der Waals surface area contributed by atoms with Crippen LogP contribution in [0.4, 0.5) is 10.5 Å². The van der Waals surface area contributed by atoms with Gasteiger partial charge in [-0.15, -0.1) is 0 Å². The number of carbonyl (C=O) groups excluding carboxylic acids is 2. The van der Waals surface area contributed by atoms with Gasteiger partial charge in [-0.1, -0.05) is 54.6 Å². The number of carbonyl (C=O) groups is 2. The first kappa shape index (κ1) is 21.2. The molecular formula is C25H27N3O2S. The van der Waals surface area contributed by atoms with Crippen LogP contribution in [-0.2, 0) is 17.8 Å². The molecule has 0 radical (unpaired) electrons. The predicted molar refractivity (Wildman–Crippen MR) is 128 cm³/mol. The number of rotatable bonds is 5. The molecule has 0 aromatic heterocycles. The maximum absolute atomic E-state index is 12.7. The van der Waals surface area contributed by atoms with Gasteiger partial charge in [-0.2, -0.15) is 11.8 Å². The van der Waals surface area contributed by atoms with E-state index in [1.165, 1.54) is 5.39 Å². The number of nitrogens with one attached hydrogen (secondary N) is 1. The Morgan fingerprint density at radius 2 is 1.68 bits per heavy atom. The van der Waals surface area contributed by atoms with Crippen LogP contribution in [0.15, 0.2) is 66.7 Å². The Bertz CT molecular complexity index is 1060. The molecule has 4 rings (SSSR count). The molecule has 160 valence electrons. The summed E-state index contributed by atoms with van der Waals surface area (Å²) in [5.74, 6) is 2.21. The lowest BCUT2D eigenvalue weighted by molar-refractivity contribution is -0.130. The van der Waals surface area contributed by atoms with Crippen LogP contribution in [-0.4, -0.2) is 53.4 Å². The third-order valence-electron chi connectivity index (χ3n) is 5.56. The van der Waals surface area contributed by atoms with Crippen molar-refractivity contribution < 1.29 is 9.59 Å². The van der Waals surface area contributed by atoms with Gasteiger partial charge in [0.15, 0.2) is 0 Å². The number of thioether (sulfide) groups is 1. The van der Waals surface area contributed by atoms with Crippen molar-refractivity contribution in [3.8, 4) is 0 Å². The maximum atomic E-state index is 12.7. The Hall–Kier alpha value is -2.99. The first-order valence-electron chi connectivity index (χ1n) is 10.5. The largest absolute Gasteiger partial charge is 0.341 e. The fourth-order valence-corrected chi connectivity index (χ4v) is 4.68. The molecule has 0 bridgehead atoms. The fraction of sp³-hybridized carbons (Fsp3) is 0.280. The molecule has 5 nitrogen and oxygen atoms in total. The van der Waals surface area contributed by atoms with E-state index in [0.29, 0.717) is 13.0 Å². The maximum Gasteiger partial charge on any atom is 0.321 e. The molecule has 3 amide bonds. The molecule has 0 spiro atoms. The van der Waals surface area contributed by atoms with E-state index in [4.69, 9.17) is 0 Å². The predicted octanol–water partition coefficient (Wildman–Crippen LogP) is 4.62.